The molecule has 2 heterocycles. The molecule has 1 N–H and O–H groups in total. The lowest BCUT2D eigenvalue weighted by atomic mass is 10.2. The Morgan fingerprint density at radius 1 is 1.33 bits per heavy atom. The van der Waals surface area contributed by atoms with Crippen LogP contribution in [0.25, 0.3) is 10.6 Å². The van der Waals surface area contributed by atoms with E-state index < -0.39 is 0 Å². The summed E-state index contributed by atoms with van der Waals surface area (Å²) >= 11 is 1.42. The second-order valence-corrected chi connectivity index (χ2v) is 7.43. The van der Waals surface area contributed by atoms with Gasteiger partial charge in [0.25, 0.3) is 5.91 Å². The summed E-state index contributed by atoms with van der Waals surface area (Å²) in [6.45, 7) is 7.92. The number of hydrogen-bond acceptors (Lipinski definition) is 5. The van der Waals surface area contributed by atoms with E-state index in [0.29, 0.717) is 18.0 Å². The fourth-order valence-electron chi connectivity index (χ4n) is 2.73. The van der Waals surface area contributed by atoms with Gasteiger partial charge in [-0.15, -0.1) is 11.3 Å². The molecule has 0 radical (unpaired) electrons. The van der Waals surface area contributed by atoms with E-state index in [4.69, 9.17) is 4.74 Å². The van der Waals surface area contributed by atoms with Crippen LogP contribution in [0, 0.1) is 12.8 Å². The van der Waals surface area contributed by atoms with Gasteiger partial charge in [-0.05, 0) is 50.1 Å². The standard InChI is InChI=1S/C20H24N4O2S/c1-4-26-17-8-6-16(7-9-17)20-23-15(3)18(27-20)19(25)21-12-14(2)13-24-11-5-10-22-24/h5-11,14H,4,12-13H2,1-3H3,(H,21,25). The number of nitrogens with zero attached hydrogens (tertiary/aromatic N) is 3. The molecule has 7 heteroatoms. The predicted molar refractivity (Wildman–Crippen MR) is 107 cm³/mol. The van der Waals surface area contributed by atoms with Gasteiger partial charge in [0.05, 0.1) is 12.3 Å². The number of aromatic nitrogens is 3. The summed E-state index contributed by atoms with van der Waals surface area (Å²) in [5.41, 5.74) is 1.73. The number of thiazole rings is 1. The van der Waals surface area contributed by atoms with Crippen LogP contribution in [0.4, 0.5) is 0 Å². The first-order chi connectivity index (χ1) is 13.1. The van der Waals surface area contributed by atoms with E-state index in [9.17, 15) is 4.79 Å². The molecule has 1 unspecified atom stereocenters. The van der Waals surface area contributed by atoms with Gasteiger partial charge in [0, 0.05) is 31.0 Å². The van der Waals surface area contributed by atoms with E-state index in [1.165, 1.54) is 11.3 Å². The third-order valence-corrected chi connectivity index (χ3v) is 5.29. The maximum absolute atomic E-state index is 12.6. The summed E-state index contributed by atoms with van der Waals surface area (Å²) in [7, 11) is 0. The zero-order valence-corrected chi connectivity index (χ0v) is 16.6. The molecule has 1 aromatic carbocycles. The molecule has 0 aliphatic rings. The molecule has 1 amide bonds. The molecule has 0 fully saturated rings. The number of nitrogens with one attached hydrogen (secondary N) is 1. The van der Waals surface area contributed by atoms with Crippen molar-refractivity contribution in [2.45, 2.75) is 27.3 Å². The molecule has 27 heavy (non-hydrogen) atoms. The Balaban J connectivity index is 1.62. The van der Waals surface area contributed by atoms with E-state index >= 15 is 0 Å². The molecule has 1 atom stereocenters. The fraction of sp³-hybridized carbons (Fsp3) is 0.350. The lowest BCUT2D eigenvalue weighted by Gasteiger charge is -2.12. The molecule has 0 aliphatic carbocycles. The minimum absolute atomic E-state index is 0.0745. The number of ether oxygens (including phenoxy) is 1. The molecule has 0 aliphatic heterocycles. The molecule has 0 spiro atoms. The largest absolute Gasteiger partial charge is 0.494 e. The monoisotopic (exact) mass is 384 g/mol. The molecule has 0 saturated heterocycles. The van der Waals surface area contributed by atoms with Crippen molar-refractivity contribution in [3.8, 4) is 16.3 Å². The van der Waals surface area contributed by atoms with Gasteiger partial charge in [0.1, 0.15) is 15.6 Å². The van der Waals surface area contributed by atoms with Crippen LogP contribution >= 0.6 is 11.3 Å². The Morgan fingerprint density at radius 3 is 2.78 bits per heavy atom. The Kier molecular flexibility index (Phi) is 6.24. The van der Waals surface area contributed by atoms with Gasteiger partial charge < -0.3 is 10.1 Å². The third-order valence-electron chi connectivity index (χ3n) is 4.08. The van der Waals surface area contributed by atoms with Crippen LogP contribution in [-0.4, -0.2) is 33.8 Å². The predicted octanol–water partition coefficient (Wildman–Crippen LogP) is 3.78. The fourth-order valence-corrected chi connectivity index (χ4v) is 3.72. The van der Waals surface area contributed by atoms with Crippen LogP contribution in [0.5, 0.6) is 5.75 Å². The quantitative estimate of drug-likeness (QED) is 0.642. The minimum Gasteiger partial charge on any atom is -0.494 e. The summed E-state index contributed by atoms with van der Waals surface area (Å²) in [5.74, 6) is 1.04. The normalized spacial score (nSPS) is 12.0. The summed E-state index contributed by atoms with van der Waals surface area (Å²) in [5, 5.41) is 8.05. The average Bonchev–Trinajstić information content (AvgIpc) is 3.30. The van der Waals surface area contributed by atoms with Crippen molar-refractivity contribution >= 4 is 17.2 Å². The molecule has 6 nitrogen and oxygen atoms in total. The highest BCUT2D eigenvalue weighted by Crippen LogP contribution is 2.29. The molecule has 142 valence electrons. The molecular formula is C20H24N4O2S. The van der Waals surface area contributed by atoms with Crippen LogP contribution in [0.3, 0.4) is 0 Å². The molecule has 3 rings (SSSR count). The number of carbonyl (C=O) groups excluding carboxylic acids is 1. The van der Waals surface area contributed by atoms with E-state index in [0.717, 1.165) is 28.6 Å². The number of rotatable bonds is 8. The van der Waals surface area contributed by atoms with Gasteiger partial charge >= 0.3 is 0 Å². The summed E-state index contributed by atoms with van der Waals surface area (Å²) in [6, 6.07) is 9.68. The number of carbonyl (C=O) groups is 1. The Bertz CT molecular complexity index is 872. The van der Waals surface area contributed by atoms with Crippen LogP contribution in [0.1, 0.15) is 29.2 Å². The van der Waals surface area contributed by atoms with Crippen molar-refractivity contribution in [2.24, 2.45) is 5.92 Å². The van der Waals surface area contributed by atoms with Gasteiger partial charge in [-0.3, -0.25) is 9.48 Å². The first kappa shape index (κ1) is 19.1. The van der Waals surface area contributed by atoms with Crippen LogP contribution in [0.2, 0.25) is 0 Å². The highest BCUT2D eigenvalue weighted by molar-refractivity contribution is 7.17. The first-order valence-corrected chi connectivity index (χ1v) is 9.84. The average molecular weight is 385 g/mol. The molecular weight excluding hydrogens is 360 g/mol. The van der Waals surface area contributed by atoms with Gasteiger partial charge in [0.2, 0.25) is 0 Å². The van der Waals surface area contributed by atoms with Crippen molar-refractivity contribution in [2.75, 3.05) is 13.2 Å². The van der Waals surface area contributed by atoms with Gasteiger partial charge in [-0.25, -0.2) is 4.98 Å². The van der Waals surface area contributed by atoms with Crippen molar-refractivity contribution in [1.29, 1.82) is 0 Å². The van der Waals surface area contributed by atoms with Crippen molar-refractivity contribution in [3.63, 3.8) is 0 Å². The van der Waals surface area contributed by atoms with Gasteiger partial charge in [-0.2, -0.15) is 5.10 Å². The summed E-state index contributed by atoms with van der Waals surface area (Å²) in [4.78, 5) is 17.8. The molecule has 0 bridgehead atoms. The van der Waals surface area contributed by atoms with Crippen LogP contribution < -0.4 is 10.1 Å². The van der Waals surface area contributed by atoms with Crippen LogP contribution in [0.15, 0.2) is 42.7 Å². The number of hydrogen-bond donors (Lipinski definition) is 1. The minimum atomic E-state index is -0.0745. The smallest absolute Gasteiger partial charge is 0.263 e. The number of amides is 1. The van der Waals surface area contributed by atoms with Crippen LogP contribution in [-0.2, 0) is 6.54 Å². The van der Waals surface area contributed by atoms with Crippen molar-refractivity contribution in [1.82, 2.24) is 20.1 Å². The second-order valence-electron chi connectivity index (χ2n) is 6.43. The lowest BCUT2D eigenvalue weighted by molar-refractivity contribution is 0.0950. The first-order valence-electron chi connectivity index (χ1n) is 9.03. The zero-order chi connectivity index (χ0) is 19.2. The van der Waals surface area contributed by atoms with Gasteiger partial charge in [0.15, 0.2) is 0 Å². The second kappa shape index (κ2) is 8.81. The molecule has 3 aromatic rings. The highest BCUT2D eigenvalue weighted by Gasteiger charge is 2.17. The maximum Gasteiger partial charge on any atom is 0.263 e. The summed E-state index contributed by atoms with van der Waals surface area (Å²) < 4.78 is 7.34. The SMILES string of the molecule is CCOc1ccc(-c2nc(C)c(C(=O)NCC(C)Cn3cccn3)s2)cc1. The van der Waals surface area contributed by atoms with Crippen molar-refractivity contribution < 1.29 is 9.53 Å². The molecule has 2 aromatic heterocycles. The Morgan fingerprint density at radius 2 is 2.11 bits per heavy atom. The van der Waals surface area contributed by atoms with E-state index in [-0.39, 0.29) is 11.8 Å². The van der Waals surface area contributed by atoms with Crippen molar-refractivity contribution in [3.05, 3.63) is 53.3 Å². The number of benzene rings is 1. The summed E-state index contributed by atoms with van der Waals surface area (Å²) in [6.07, 6.45) is 3.68. The lowest BCUT2D eigenvalue weighted by Crippen LogP contribution is -2.30. The highest BCUT2D eigenvalue weighted by atomic mass is 32.1. The van der Waals surface area contributed by atoms with E-state index in [1.54, 1.807) is 6.20 Å². The zero-order valence-electron chi connectivity index (χ0n) is 15.8. The Labute approximate surface area is 163 Å². The maximum atomic E-state index is 12.6. The number of aryl methyl sites for hydroxylation is 1. The third kappa shape index (κ3) is 4.95. The van der Waals surface area contributed by atoms with E-state index in [2.05, 4.69) is 22.3 Å². The van der Waals surface area contributed by atoms with E-state index in [1.807, 2.05) is 55.1 Å². The Hall–Kier alpha value is -2.67. The topological polar surface area (TPSA) is 69.0 Å². The van der Waals surface area contributed by atoms with Gasteiger partial charge in [-0.1, -0.05) is 6.92 Å². The molecule has 0 saturated carbocycles.